The molecule has 2 aliphatic rings. The third-order valence-corrected chi connectivity index (χ3v) is 9.60. The lowest BCUT2D eigenvalue weighted by atomic mass is 9.96. The monoisotopic (exact) mass is 694 g/mol. The molecule has 2 aliphatic heterocycles. The molecule has 6 rings (SSSR count). The van der Waals surface area contributed by atoms with Gasteiger partial charge in [-0.05, 0) is 70.0 Å². The number of rotatable bonds is 14. The Balaban J connectivity index is 1.15. The van der Waals surface area contributed by atoms with Gasteiger partial charge in [0.15, 0.2) is 17.8 Å². The molecular weight excluding hydrogens is 648 g/mol. The van der Waals surface area contributed by atoms with Crippen LogP contribution in [0.25, 0.3) is 11.1 Å². The number of fused-ring (bicyclic) bond motifs is 1. The summed E-state index contributed by atoms with van der Waals surface area (Å²) in [5.74, 6) is 0.428. The normalized spacial score (nSPS) is 18.8. The molecule has 4 aromatic carbocycles. The number of nitrogens with zero attached hydrogens (tertiary/aromatic N) is 1. The molecule has 0 saturated carbocycles. The molecule has 0 radical (unpaired) electrons. The zero-order chi connectivity index (χ0) is 35.7. The maximum absolute atomic E-state index is 12.2. The van der Waals surface area contributed by atoms with Crippen LogP contribution in [0.3, 0.4) is 0 Å². The highest BCUT2D eigenvalue weighted by molar-refractivity contribution is 5.76. The Morgan fingerprint density at radius 1 is 0.843 bits per heavy atom. The summed E-state index contributed by atoms with van der Waals surface area (Å²) in [6.45, 7) is 2.81. The summed E-state index contributed by atoms with van der Waals surface area (Å²) in [5.41, 5.74) is 8.34. The van der Waals surface area contributed by atoms with Crippen molar-refractivity contribution in [1.82, 2.24) is 10.2 Å². The van der Waals surface area contributed by atoms with Crippen molar-refractivity contribution in [3.63, 3.8) is 0 Å². The largest absolute Gasteiger partial charge is 0.493 e. The van der Waals surface area contributed by atoms with E-state index in [1.54, 1.807) is 14.2 Å². The Morgan fingerprint density at radius 3 is 2.27 bits per heavy atom. The van der Waals surface area contributed by atoms with E-state index in [1.807, 2.05) is 60.7 Å². The SMILES string of the molecule is COc1cc2c(cc1OC)CN(C[C@@H]1C[C@H](c3ccc(CO)cc3)O[C@H](c3ccc(-c4cccc(CNC(=O)CCCC(=O)O)c4)cc3)O1)CC2. The number of hydrogen-bond acceptors (Lipinski definition) is 8. The molecule has 0 aliphatic carbocycles. The quantitative estimate of drug-likeness (QED) is 0.139. The van der Waals surface area contributed by atoms with E-state index in [0.29, 0.717) is 19.4 Å². The molecule has 3 N–H and O–H groups in total. The second-order valence-electron chi connectivity index (χ2n) is 13.2. The van der Waals surface area contributed by atoms with Gasteiger partial charge in [0.25, 0.3) is 0 Å². The van der Waals surface area contributed by atoms with Crippen molar-refractivity contribution in [1.29, 1.82) is 0 Å². The van der Waals surface area contributed by atoms with Crippen molar-refractivity contribution < 1.29 is 38.7 Å². The minimum absolute atomic E-state index is 0.00818. The molecule has 10 nitrogen and oxygen atoms in total. The first kappa shape index (κ1) is 36.1. The van der Waals surface area contributed by atoms with Gasteiger partial charge in [0.1, 0.15) is 0 Å². The van der Waals surface area contributed by atoms with Crippen LogP contribution in [0.5, 0.6) is 11.5 Å². The predicted molar refractivity (Wildman–Crippen MR) is 192 cm³/mol. The van der Waals surface area contributed by atoms with E-state index in [-0.39, 0.29) is 37.6 Å². The number of hydrogen-bond donors (Lipinski definition) is 3. The van der Waals surface area contributed by atoms with E-state index >= 15 is 0 Å². The molecule has 4 aromatic rings. The molecule has 0 unspecified atom stereocenters. The molecule has 51 heavy (non-hydrogen) atoms. The zero-order valence-corrected chi connectivity index (χ0v) is 29.2. The summed E-state index contributed by atoms with van der Waals surface area (Å²) in [5, 5.41) is 21.3. The fraction of sp³-hybridized carbons (Fsp3) is 0.366. The van der Waals surface area contributed by atoms with Crippen molar-refractivity contribution in [2.24, 2.45) is 0 Å². The van der Waals surface area contributed by atoms with E-state index in [0.717, 1.165) is 70.9 Å². The van der Waals surface area contributed by atoms with Crippen LogP contribution in [0.4, 0.5) is 0 Å². The van der Waals surface area contributed by atoms with Crippen LogP contribution in [0.15, 0.2) is 84.9 Å². The van der Waals surface area contributed by atoms with E-state index in [1.165, 1.54) is 11.1 Å². The maximum Gasteiger partial charge on any atom is 0.303 e. The van der Waals surface area contributed by atoms with E-state index in [4.69, 9.17) is 24.1 Å². The average molecular weight is 695 g/mol. The lowest BCUT2D eigenvalue weighted by Gasteiger charge is -2.39. The smallest absolute Gasteiger partial charge is 0.303 e. The van der Waals surface area contributed by atoms with E-state index in [9.17, 15) is 14.7 Å². The number of aliphatic carboxylic acids is 1. The topological polar surface area (TPSA) is 127 Å². The summed E-state index contributed by atoms with van der Waals surface area (Å²) in [7, 11) is 3.33. The Kier molecular flexibility index (Phi) is 12.0. The maximum atomic E-state index is 12.2. The van der Waals surface area contributed by atoms with Gasteiger partial charge in [-0.15, -0.1) is 0 Å². The second-order valence-corrected chi connectivity index (χ2v) is 13.2. The number of carboxylic acids is 1. The highest BCUT2D eigenvalue weighted by Crippen LogP contribution is 2.40. The number of aliphatic hydroxyl groups is 1. The molecule has 1 amide bonds. The average Bonchev–Trinajstić information content (AvgIpc) is 3.16. The van der Waals surface area contributed by atoms with Crippen LogP contribution >= 0.6 is 0 Å². The molecule has 2 heterocycles. The van der Waals surface area contributed by atoms with Gasteiger partial charge in [0, 0.05) is 51.0 Å². The summed E-state index contributed by atoms with van der Waals surface area (Å²) in [6.07, 6.45) is 1.27. The number of methoxy groups -OCH3 is 2. The van der Waals surface area contributed by atoms with Crippen molar-refractivity contribution >= 4 is 11.9 Å². The van der Waals surface area contributed by atoms with Gasteiger partial charge in [-0.25, -0.2) is 0 Å². The Morgan fingerprint density at radius 2 is 1.57 bits per heavy atom. The van der Waals surface area contributed by atoms with Crippen LogP contribution in [0.2, 0.25) is 0 Å². The first-order chi connectivity index (χ1) is 24.8. The summed E-state index contributed by atoms with van der Waals surface area (Å²) >= 11 is 0. The highest BCUT2D eigenvalue weighted by atomic mass is 16.7. The lowest BCUT2D eigenvalue weighted by molar-refractivity contribution is -0.253. The van der Waals surface area contributed by atoms with E-state index < -0.39 is 12.3 Å². The molecule has 1 fully saturated rings. The molecule has 1 saturated heterocycles. The summed E-state index contributed by atoms with van der Waals surface area (Å²) in [4.78, 5) is 25.3. The van der Waals surface area contributed by atoms with Crippen molar-refractivity contribution in [3.05, 3.63) is 118 Å². The number of ether oxygens (including phenoxy) is 4. The zero-order valence-electron chi connectivity index (χ0n) is 29.2. The van der Waals surface area contributed by atoms with Crippen LogP contribution in [0.1, 0.15) is 71.5 Å². The third-order valence-electron chi connectivity index (χ3n) is 9.60. The van der Waals surface area contributed by atoms with Gasteiger partial charge < -0.3 is 34.5 Å². The van der Waals surface area contributed by atoms with Crippen molar-refractivity contribution in [2.45, 2.75) is 70.3 Å². The molecule has 0 aromatic heterocycles. The number of carbonyl (C=O) groups excluding carboxylic acids is 1. The second kappa shape index (κ2) is 17.0. The van der Waals surface area contributed by atoms with Crippen LogP contribution < -0.4 is 14.8 Å². The number of amides is 1. The fourth-order valence-electron chi connectivity index (χ4n) is 6.80. The Bertz CT molecular complexity index is 1790. The van der Waals surface area contributed by atoms with E-state index in [2.05, 4.69) is 34.5 Å². The molecule has 3 atom stereocenters. The minimum atomic E-state index is -0.899. The fourth-order valence-corrected chi connectivity index (χ4v) is 6.80. The minimum Gasteiger partial charge on any atom is -0.493 e. The van der Waals surface area contributed by atoms with Gasteiger partial charge >= 0.3 is 5.97 Å². The standard InChI is InChI=1S/C41H46N2O8/c1-48-37-20-33-17-18-43(24-34(33)21-38(37)49-2)25-35-22-36(30-11-9-27(26-44)10-12-30)51-41(50-35)31-15-13-29(14-16-31)32-6-3-5-28(19-32)23-42-39(45)7-4-8-40(46)47/h3,5-6,9-16,19-21,35-36,41,44H,4,7-8,17-18,22-26H2,1-2H3,(H,42,45)(H,46,47)/t35-,36+,41+/m0/s1. The van der Waals surface area contributed by atoms with Crippen LogP contribution in [0, 0.1) is 0 Å². The molecule has 10 heteroatoms. The predicted octanol–water partition coefficient (Wildman–Crippen LogP) is 6.34. The third kappa shape index (κ3) is 9.33. The highest BCUT2D eigenvalue weighted by Gasteiger charge is 2.34. The number of carboxylic acid groups (broad SMARTS) is 1. The first-order valence-corrected chi connectivity index (χ1v) is 17.5. The molecule has 0 bridgehead atoms. The number of carbonyl (C=O) groups is 2. The Hall–Kier alpha value is -4.74. The molecule has 0 spiro atoms. The van der Waals surface area contributed by atoms with Crippen molar-refractivity contribution in [2.75, 3.05) is 27.3 Å². The summed E-state index contributed by atoms with van der Waals surface area (Å²) in [6, 6.07) is 28.3. The molecule has 268 valence electrons. The number of benzene rings is 4. The number of aliphatic hydroxyl groups excluding tert-OH is 1. The molecular formula is C41H46N2O8. The van der Waals surface area contributed by atoms with Crippen LogP contribution in [-0.4, -0.2) is 60.4 Å². The van der Waals surface area contributed by atoms with Gasteiger partial charge in [-0.2, -0.15) is 0 Å². The van der Waals surface area contributed by atoms with Crippen molar-refractivity contribution in [3.8, 4) is 22.6 Å². The lowest BCUT2D eigenvalue weighted by Crippen LogP contribution is -2.41. The summed E-state index contributed by atoms with van der Waals surface area (Å²) < 4.78 is 24.4. The van der Waals surface area contributed by atoms with Gasteiger partial charge in [0.05, 0.1) is 33.0 Å². The number of nitrogens with one attached hydrogen (secondary N) is 1. The Labute approximate surface area is 298 Å². The van der Waals surface area contributed by atoms with Gasteiger partial charge in [-0.3, -0.25) is 14.5 Å². The van der Waals surface area contributed by atoms with Crippen LogP contribution in [-0.2, 0) is 45.2 Å². The first-order valence-electron chi connectivity index (χ1n) is 17.5. The van der Waals surface area contributed by atoms with Gasteiger partial charge in [0.2, 0.25) is 5.91 Å². The van der Waals surface area contributed by atoms with Gasteiger partial charge in [-0.1, -0.05) is 66.7 Å².